The Balaban J connectivity index is 2.41. The Kier molecular flexibility index (Phi) is 6.09. The number of hydrogen-bond donors (Lipinski definition) is 1. The van der Waals surface area contributed by atoms with Crippen LogP contribution in [-0.2, 0) is 14.3 Å². The average Bonchev–Trinajstić information content (AvgIpc) is 2.38. The van der Waals surface area contributed by atoms with Gasteiger partial charge in [-0.2, -0.15) is 0 Å². The Morgan fingerprint density at radius 3 is 2.44 bits per heavy atom. The monoisotopic (exact) mass is 257 g/mol. The first-order valence-electron chi connectivity index (χ1n) is 6.99. The zero-order valence-corrected chi connectivity index (χ0v) is 12.1. The molecule has 4 heteroatoms. The molecule has 0 aliphatic heterocycles. The van der Waals surface area contributed by atoms with E-state index in [1.54, 1.807) is 7.05 Å². The van der Waals surface area contributed by atoms with Gasteiger partial charge in [-0.15, -0.1) is 0 Å². The van der Waals surface area contributed by atoms with Crippen LogP contribution in [0.4, 0.5) is 0 Å². The molecule has 1 aliphatic rings. The van der Waals surface area contributed by atoms with E-state index in [4.69, 9.17) is 9.47 Å². The summed E-state index contributed by atoms with van der Waals surface area (Å²) in [4.78, 5) is 11.9. The number of nitrogens with one attached hydrogen (secondary N) is 1. The van der Waals surface area contributed by atoms with Crippen LogP contribution < -0.4 is 5.32 Å². The standard InChI is InChI=1S/C14H27NO3/c1-5-17-13(16)14(3,15-4)10-18-12-8-6-11(2)7-9-12/h11-12,15H,5-10H2,1-4H3. The molecule has 1 rings (SSSR count). The lowest BCUT2D eigenvalue weighted by Gasteiger charge is -2.31. The van der Waals surface area contributed by atoms with Gasteiger partial charge in [-0.1, -0.05) is 6.92 Å². The molecule has 1 aliphatic carbocycles. The summed E-state index contributed by atoms with van der Waals surface area (Å²) in [6.45, 7) is 6.71. The molecule has 0 bridgehead atoms. The normalized spacial score (nSPS) is 27.6. The number of esters is 1. The molecule has 1 fully saturated rings. The van der Waals surface area contributed by atoms with Gasteiger partial charge in [0.15, 0.2) is 0 Å². The van der Waals surface area contributed by atoms with Gasteiger partial charge in [0.25, 0.3) is 0 Å². The molecule has 0 aromatic carbocycles. The maximum absolute atomic E-state index is 11.9. The van der Waals surface area contributed by atoms with Crippen molar-refractivity contribution in [2.45, 2.75) is 58.1 Å². The first-order valence-corrected chi connectivity index (χ1v) is 6.99. The molecule has 1 unspecified atom stereocenters. The summed E-state index contributed by atoms with van der Waals surface area (Å²) >= 11 is 0. The topological polar surface area (TPSA) is 47.6 Å². The van der Waals surface area contributed by atoms with Gasteiger partial charge in [-0.3, -0.25) is 0 Å². The molecule has 4 nitrogen and oxygen atoms in total. The van der Waals surface area contributed by atoms with Crippen molar-refractivity contribution in [2.75, 3.05) is 20.3 Å². The van der Waals surface area contributed by atoms with Crippen molar-refractivity contribution in [3.05, 3.63) is 0 Å². The number of hydrogen-bond acceptors (Lipinski definition) is 4. The average molecular weight is 257 g/mol. The van der Waals surface area contributed by atoms with Gasteiger partial charge < -0.3 is 14.8 Å². The van der Waals surface area contributed by atoms with Crippen molar-refractivity contribution in [3.8, 4) is 0 Å². The first kappa shape index (κ1) is 15.4. The van der Waals surface area contributed by atoms with Crippen molar-refractivity contribution in [1.29, 1.82) is 0 Å². The van der Waals surface area contributed by atoms with Crippen molar-refractivity contribution < 1.29 is 14.3 Å². The van der Waals surface area contributed by atoms with E-state index < -0.39 is 5.54 Å². The lowest BCUT2D eigenvalue weighted by Crippen LogP contribution is -2.53. The molecular formula is C14H27NO3. The summed E-state index contributed by atoms with van der Waals surface area (Å²) in [5, 5.41) is 3.01. The highest BCUT2D eigenvalue weighted by atomic mass is 16.5. The van der Waals surface area contributed by atoms with Crippen LogP contribution in [0.2, 0.25) is 0 Å². The van der Waals surface area contributed by atoms with Crippen molar-refractivity contribution in [3.63, 3.8) is 0 Å². The van der Waals surface area contributed by atoms with Crippen molar-refractivity contribution >= 4 is 5.97 Å². The smallest absolute Gasteiger partial charge is 0.328 e. The summed E-state index contributed by atoms with van der Waals surface area (Å²) < 4.78 is 11.0. The Bertz CT molecular complexity index is 262. The Morgan fingerprint density at radius 1 is 1.33 bits per heavy atom. The fraction of sp³-hybridized carbons (Fsp3) is 0.929. The minimum Gasteiger partial charge on any atom is -0.465 e. The molecule has 0 saturated heterocycles. The number of rotatable bonds is 6. The molecule has 106 valence electrons. The van der Waals surface area contributed by atoms with Crippen LogP contribution in [0.15, 0.2) is 0 Å². The van der Waals surface area contributed by atoms with Gasteiger partial charge in [-0.05, 0) is 52.5 Å². The third kappa shape index (κ3) is 4.25. The molecule has 0 aromatic rings. The number of likely N-dealkylation sites (N-methyl/N-ethyl adjacent to an activating group) is 1. The van der Waals surface area contributed by atoms with E-state index in [-0.39, 0.29) is 5.97 Å². The second-order valence-corrected chi connectivity index (χ2v) is 5.50. The highest BCUT2D eigenvalue weighted by Crippen LogP contribution is 2.26. The predicted molar refractivity (Wildman–Crippen MR) is 71.5 cm³/mol. The van der Waals surface area contributed by atoms with Crippen molar-refractivity contribution in [1.82, 2.24) is 5.32 Å². The second kappa shape index (κ2) is 7.10. The summed E-state index contributed by atoms with van der Waals surface area (Å²) in [7, 11) is 1.77. The van der Waals surface area contributed by atoms with E-state index in [0.717, 1.165) is 18.8 Å². The van der Waals surface area contributed by atoms with E-state index >= 15 is 0 Å². The van der Waals surface area contributed by atoms with E-state index in [1.165, 1.54) is 12.8 Å². The fourth-order valence-electron chi connectivity index (χ4n) is 2.20. The zero-order chi connectivity index (χ0) is 13.6. The minimum absolute atomic E-state index is 0.239. The fourth-order valence-corrected chi connectivity index (χ4v) is 2.20. The maximum atomic E-state index is 11.9. The molecule has 0 amide bonds. The van der Waals surface area contributed by atoms with Gasteiger partial charge in [0, 0.05) is 0 Å². The second-order valence-electron chi connectivity index (χ2n) is 5.50. The summed E-state index contributed by atoms with van der Waals surface area (Å²) in [5.74, 6) is 0.572. The molecule has 0 heterocycles. The predicted octanol–water partition coefficient (Wildman–Crippen LogP) is 2.12. The van der Waals surface area contributed by atoms with Crippen LogP contribution >= 0.6 is 0 Å². The van der Waals surface area contributed by atoms with Crippen LogP contribution in [0.3, 0.4) is 0 Å². The molecule has 1 N–H and O–H groups in total. The summed E-state index contributed by atoms with van der Waals surface area (Å²) in [5.41, 5.74) is -0.737. The third-order valence-corrected chi connectivity index (χ3v) is 3.85. The Labute approximate surface area is 110 Å². The van der Waals surface area contributed by atoms with E-state index in [9.17, 15) is 4.79 Å². The SMILES string of the molecule is CCOC(=O)C(C)(COC1CCC(C)CC1)NC. The first-order chi connectivity index (χ1) is 8.51. The highest BCUT2D eigenvalue weighted by Gasteiger charge is 2.34. The van der Waals surface area contributed by atoms with Crippen molar-refractivity contribution in [2.24, 2.45) is 5.92 Å². The Hall–Kier alpha value is -0.610. The van der Waals surface area contributed by atoms with Gasteiger partial charge in [0.1, 0.15) is 5.54 Å². The molecule has 1 saturated carbocycles. The lowest BCUT2D eigenvalue weighted by molar-refractivity contribution is -0.154. The van der Waals surface area contributed by atoms with Gasteiger partial charge in [0.2, 0.25) is 0 Å². The van der Waals surface area contributed by atoms with Crippen LogP contribution in [0.1, 0.15) is 46.5 Å². The summed E-state index contributed by atoms with van der Waals surface area (Å²) in [6.07, 6.45) is 4.94. The molecule has 0 spiro atoms. The molecule has 0 radical (unpaired) electrons. The van der Waals surface area contributed by atoms with Gasteiger partial charge >= 0.3 is 5.97 Å². The zero-order valence-electron chi connectivity index (χ0n) is 12.1. The van der Waals surface area contributed by atoms with E-state index in [0.29, 0.717) is 19.3 Å². The van der Waals surface area contributed by atoms with Crippen LogP contribution in [-0.4, -0.2) is 37.9 Å². The third-order valence-electron chi connectivity index (χ3n) is 3.85. The van der Waals surface area contributed by atoms with E-state index in [2.05, 4.69) is 12.2 Å². The number of carbonyl (C=O) groups is 1. The Morgan fingerprint density at radius 2 is 1.94 bits per heavy atom. The molecule has 1 atom stereocenters. The molecule has 18 heavy (non-hydrogen) atoms. The minimum atomic E-state index is -0.737. The molecule has 0 aromatic heterocycles. The van der Waals surface area contributed by atoms with E-state index in [1.807, 2.05) is 13.8 Å². The number of ether oxygens (including phenoxy) is 2. The van der Waals surface area contributed by atoms with Gasteiger partial charge in [0.05, 0.1) is 19.3 Å². The van der Waals surface area contributed by atoms with Gasteiger partial charge in [-0.25, -0.2) is 4.79 Å². The maximum Gasteiger partial charge on any atom is 0.328 e. The highest BCUT2D eigenvalue weighted by molar-refractivity contribution is 5.80. The van der Waals surface area contributed by atoms with Crippen LogP contribution in [0, 0.1) is 5.92 Å². The number of carbonyl (C=O) groups excluding carboxylic acids is 1. The quantitative estimate of drug-likeness (QED) is 0.740. The van der Waals surface area contributed by atoms with Crippen LogP contribution in [0.5, 0.6) is 0 Å². The molecular weight excluding hydrogens is 230 g/mol. The summed E-state index contributed by atoms with van der Waals surface area (Å²) in [6, 6.07) is 0. The van der Waals surface area contributed by atoms with Crippen LogP contribution in [0.25, 0.3) is 0 Å². The largest absolute Gasteiger partial charge is 0.465 e. The lowest BCUT2D eigenvalue weighted by atomic mass is 9.89.